The highest BCUT2D eigenvalue weighted by Gasteiger charge is 2.17. The van der Waals surface area contributed by atoms with Crippen molar-refractivity contribution in [3.05, 3.63) is 29.8 Å². The predicted molar refractivity (Wildman–Crippen MR) is 66.5 cm³/mol. The molecule has 0 spiro atoms. The van der Waals surface area contributed by atoms with Crippen LogP contribution in [-0.2, 0) is 0 Å². The number of rotatable bonds is 3. The molecule has 2 rings (SSSR count). The van der Waals surface area contributed by atoms with Crippen molar-refractivity contribution in [2.45, 2.75) is 51.1 Å². The Kier molecular flexibility index (Phi) is 3.83. The van der Waals surface area contributed by atoms with Gasteiger partial charge < -0.3 is 10.4 Å². The fourth-order valence-corrected chi connectivity index (χ4v) is 2.57. The van der Waals surface area contributed by atoms with Crippen LogP contribution in [0.3, 0.4) is 0 Å². The fraction of sp³-hybridized carbons (Fsp3) is 0.571. The van der Waals surface area contributed by atoms with E-state index in [0.29, 0.717) is 11.8 Å². The Labute approximate surface area is 97.7 Å². The second-order valence-electron chi connectivity index (χ2n) is 4.78. The summed E-state index contributed by atoms with van der Waals surface area (Å²) < 4.78 is 0. The summed E-state index contributed by atoms with van der Waals surface area (Å²) >= 11 is 0. The van der Waals surface area contributed by atoms with Gasteiger partial charge in [-0.3, -0.25) is 0 Å². The summed E-state index contributed by atoms with van der Waals surface area (Å²) in [6.07, 6.45) is 6.61. The van der Waals surface area contributed by atoms with Gasteiger partial charge in [-0.2, -0.15) is 0 Å². The Morgan fingerprint density at radius 1 is 1.19 bits per heavy atom. The van der Waals surface area contributed by atoms with Crippen LogP contribution < -0.4 is 5.32 Å². The molecule has 2 N–H and O–H groups in total. The van der Waals surface area contributed by atoms with Gasteiger partial charge in [0.2, 0.25) is 0 Å². The first-order valence-corrected chi connectivity index (χ1v) is 6.31. The van der Waals surface area contributed by atoms with Crippen LogP contribution >= 0.6 is 0 Å². The van der Waals surface area contributed by atoms with Crippen molar-refractivity contribution in [1.29, 1.82) is 0 Å². The maximum absolute atomic E-state index is 9.77. The molecule has 0 amide bonds. The van der Waals surface area contributed by atoms with E-state index >= 15 is 0 Å². The van der Waals surface area contributed by atoms with Gasteiger partial charge in [0, 0.05) is 17.6 Å². The van der Waals surface area contributed by atoms with Gasteiger partial charge in [-0.15, -0.1) is 0 Å². The molecule has 1 aliphatic carbocycles. The molecule has 1 unspecified atom stereocenters. The minimum atomic E-state index is 0.240. The molecule has 2 nitrogen and oxygen atoms in total. The van der Waals surface area contributed by atoms with Crippen molar-refractivity contribution >= 4 is 0 Å². The van der Waals surface area contributed by atoms with E-state index in [1.165, 1.54) is 32.1 Å². The molecular formula is C14H21NO. The Balaban J connectivity index is 1.96. The molecule has 16 heavy (non-hydrogen) atoms. The zero-order valence-electron chi connectivity index (χ0n) is 9.95. The topological polar surface area (TPSA) is 32.3 Å². The summed E-state index contributed by atoms with van der Waals surface area (Å²) in [6, 6.07) is 8.47. The van der Waals surface area contributed by atoms with E-state index in [4.69, 9.17) is 0 Å². The normalized spacial score (nSPS) is 19.6. The van der Waals surface area contributed by atoms with Crippen LogP contribution in [-0.4, -0.2) is 11.1 Å². The molecule has 88 valence electrons. The van der Waals surface area contributed by atoms with E-state index in [-0.39, 0.29) is 6.04 Å². The highest BCUT2D eigenvalue weighted by Crippen LogP contribution is 2.26. The molecule has 1 atom stereocenters. The smallest absolute Gasteiger partial charge is 0.120 e. The third-order valence-corrected chi connectivity index (χ3v) is 3.49. The van der Waals surface area contributed by atoms with Gasteiger partial charge in [-0.1, -0.05) is 37.5 Å². The highest BCUT2D eigenvalue weighted by molar-refractivity contribution is 5.34. The average molecular weight is 219 g/mol. The van der Waals surface area contributed by atoms with Crippen LogP contribution in [0.4, 0.5) is 0 Å². The minimum absolute atomic E-state index is 0.240. The molecule has 1 saturated carbocycles. The monoisotopic (exact) mass is 219 g/mol. The Bertz CT molecular complexity index is 331. The summed E-state index contributed by atoms with van der Waals surface area (Å²) in [7, 11) is 0. The third-order valence-electron chi connectivity index (χ3n) is 3.49. The van der Waals surface area contributed by atoms with Crippen molar-refractivity contribution in [2.24, 2.45) is 0 Å². The number of para-hydroxylation sites is 1. The third kappa shape index (κ3) is 2.76. The molecular weight excluding hydrogens is 198 g/mol. The van der Waals surface area contributed by atoms with Gasteiger partial charge in [0.1, 0.15) is 5.75 Å². The SMILES string of the molecule is CC(NC1CCCCC1)c1ccccc1O. The van der Waals surface area contributed by atoms with Gasteiger partial charge >= 0.3 is 0 Å². The Morgan fingerprint density at radius 3 is 2.56 bits per heavy atom. The maximum atomic E-state index is 9.77. The summed E-state index contributed by atoms with van der Waals surface area (Å²) in [5, 5.41) is 13.4. The molecule has 0 aliphatic heterocycles. The van der Waals surface area contributed by atoms with Crippen LogP contribution in [0, 0.1) is 0 Å². The van der Waals surface area contributed by atoms with Gasteiger partial charge in [-0.25, -0.2) is 0 Å². The van der Waals surface area contributed by atoms with E-state index < -0.39 is 0 Å². The van der Waals surface area contributed by atoms with E-state index in [1.807, 2.05) is 18.2 Å². The van der Waals surface area contributed by atoms with E-state index in [2.05, 4.69) is 12.2 Å². The van der Waals surface area contributed by atoms with Crippen molar-refractivity contribution in [2.75, 3.05) is 0 Å². The van der Waals surface area contributed by atoms with Crippen molar-refractivity contribution in [3.63, 3.8) is 0 Å². The predicted octanol–water partition coefficient (Wildman–Crippen LogP) is 3.38. The van der Waals surface area contributed by atoms with E-state index in [9.17, 15) is 5.11 Å². The van der Waals surface area contributed by atoms with Crippen LogP contribution in [0.1, 0.15) is 50.6 Å². The largest absolute Gasteiger partial charge is 0.508 e. The number of hydrogen-bond acceptors (Lipinski definition) is 2. The average Bonchev–Trinajstić information content (AvgIpc) is 2.31. The van der Waals surface area contributed by atoms with Crippen LogP contribution in [0.2, 0.25) is 0 Å². The molecule has 0 saturated heterocycles. The molecule has 2 heteroatoms. The summed E-state index contributed by atoms with van der Waals surface area (Å²) in [5.74, 6) is 0.401. The standard InChI is InChI=1S/C14H21NO/c1-11(13-9-5-6-10-14(13)16)15-12-7-3-2-4-8-12/h5-6,9-12,15-16H,2-4,7-8H2,1H3. The lowest BCUT2D eigenvalue weighted by atomic mass is 9.94. The first kappa shape index (κ1) is 11.5. The molecule has 1 aliphatic rings. The van der Waals surface area contributed by atoms with Crippen LogP contribution in [0.5, 0.6) is 5.75 Å². The summed E-state index contributed by atoms with van der Waals surface area (Å²) in [6.45, 7) is 2.13. The highest BCUT2D eigenvalue weighted by atomic mass is 16.3. The maximum Gasteiger partial charge on any atom is 0.120 e. The lowest BCUT2D eigenvalue weighted by molar-refractivity contribution is 0.342. The number of benzene rings is 1. The Hall–Kier alpha value is -1.02. The van der Waals surface area contributed by atoms with Crippen molar-refractivity contribution < 1.29 is 5.11 Å². The number of phenolic OH excluding ortho intramolecular Hbond substituents is 1. The zero-order chi connectivity index (χ0) is 11.4. The molecule has 1 aromatic rings. The van der Waals surface area contributed by atoms with Crippen molar-refractivity contribution in [3.8, 4) is 5.75 Å². The van der Waals surface area contributed by atoms with Gasteiger partial charge in [0.25, 0.3) is 0 Å². The van der Waals surface area contributed by atoms with Crippen molar-refractivity contribution in [1.82, 2.24) is 5.32 Å². The molecule has 0 bridgehead atoms. The van der Waals surface area contributed by atoms with Crippen LogP contribution in [0.25, 0.3) is 0 Å². The second-order valence-corrected chi connectivity index (χ2v) is 4.78. The van der Waals surface area contributed by atoms with Crippen LogP contribution in [0.15, 0.2) is 24.3 Å². The molecule has 0 radical (unpaired) electrons. The second kappa shape index (κ2) is 5.35. The number of phenols is 1. The fourth-order valence-electron chi connectivity index (χ4n) is 2.57. The van der Waals surface area contributed by atoms with Gasteiger partial charge in [0.15, 0.2) is 0 Å². The number of hydrogen-bond donors (Lipinski definition) is 2. The van der Waals surface area contributed by atoms with Gasteiger partial charge in [0.05, 0.1) is 0 Å². The summed E-state index contributed by atoms with van der Waals surface area (Å²) in [5.41, 5.74) is 1.01. The van der Waals surface area contributed by atoms with Gasteiger partial charge in [-0.05, 0) is 25.8 Å². The first-order chi connectivity index (χ1) is 7.77. The quantitative estimate of drug-likeness (QED) is 0.817. The van der Waals surface area contributed by atoms with E-state index in [1.54, 1.807) is 6.07 Å². The number of nitrogens with one attached hydrogen (secondary N) is 1. The molecule has 0 aromatic heterocycles. The van der Waals surface area contributed by atoms with E-state index in [0.717, 1.165) is 5.56 Å². The zero-order valence-corrected chi connectivity index (χ0v) is 9.95. The Morgan fingerprint density at radius 2 is 1.88 bits per heavy atom. The minimum Gasteiger partial charge on any atom is -0.508 e. The lowest BCUT2D eigenvalue weighted by Gasteiger charge is -2.27. The first-order valence-electron chi connectivity index (χ1n) is 6.31. The molecule has 0 heterocycles. The lowest BCUT2D eigenvalue weighted by Crippen LogP contribution is -2.33. The molecule has 1 fully saturated rings. The summed E-state index contributed by atoms with van der Waals surface area (Å²) in [4.78, 5) is 0. The molecule has 1 aromatic carbocycles. The number of aromatic hydroxyl groups is 1.